The lowest BCUT2D eigenvalue weighted by Gasteiger charge is -2.14. The Balaban J connectivity index is 2.25. The number of rotatable bonds is 0. The Morgan fingerprint density at radius 1 is 0.824 bits per heavy atom. The molecule has 1 unspecified atom stereocenters. The molecule has 0 spiro atoms. The van der Waals surface area contributed by atoms with Gasteiger partial charge in [-0.25, -0.2) is 0 Å². The van der Waals surface area contributed by atoms with Crippen LogP contribution in [0.15, 0.2) is 72.4 Å². The van der Waals surface area contributed by atoms with Crippen molar-refractivity contribution in [1.82, 2.24) is 0 Å². The predicted molar refractivity (Wildman–Crippen MR) is 75.7 cm³/mol. The Labute approximate surface area is 104 Å². The van der Waals surface area contributed by atoms with Gasteiger partial charge in [-0.15, -0.1) is 0 Å². The number of hydrogen-bond acceptors (Lipinski definition) is 0. The number of allylic oxidation sites excluding steroid dienone is 12. The Hall–Kier alpha value is -1.56. The third kappa shape index (κ3) is 4.07. The second-order valence-electron chi connectivity index (χ2n) is 4.50. The zero-order chi connectivity index (χ0) is 11.8. The minimum Gasteiger partial charge on any atom is -0.0845 e. The molecule has 0 N–H and O–H groups in total. The SMILES string of the molecule is C1=C\C=C\C=C/C2CCCC/C=C\C=C\C2=C/1. The Morgan fingerprint density at radius 2 is 1.71 bits per heavy atom. The normalized spacial score (nSPS) is 36.9. The van der Waals surface area contributed by atoms with E-state index in [-0.39, 0.29) is 0 Å². The lowest BCUT2D eigenvalue weighted by Crippen LogP contribution is -2.00. The Bertz CT molecular complexity index is 400. The molecule has 0 saturated carbocycles. The lowest BCUT2D eigenvalue weighted by molar-refractivity contribution is 0.609. The highest BCUT2D eigenvalue weighted by Crippen LogP contribution is 2.23. The molecule has 0 aliphatic heterocycles. The van der Waals surface area contributed by atoms with Crippen LogP contribution in [0, 0.1) is 5.92 Å². The van der Waals surface area contributed by atoms with Gasteiger partial charge in [0.25, 0.3) is 0 Å². The van der Waals surface area contributed by atoms with E-state index in [9.17, 15) is 0 Å². The molecule has 0 aromatic heterocycles. The number of hydrogen-bond donors (Lipinski definition) is 0. The molecule has 2 rings (SSSR count). The average molecular weight is 224 g/mol. The minimum atomic E-state index is 0.560. The molecule has 17 heavy (non-hydrogen) atoms. The second-order valence-corrected chi connectivity index (χ2v) is 4.50. The van der Waals surface area contributed by atoms with Gasteiger partial charge in [0.05, 0.1) is 0 Å². The summed E-state index contributed by atoms with van der Waals surface area (Å²) in [5.41, 5.74) is 1.41. The highest BCUT2D eigenvalue weighted by atomic mass is 14.1. The fourth-order valence-electron chi connectivity index (χ4n) is 2.20. The molecule has 0 aromatic carbocycles. The van der Waals surface area contributed by atoms with Crippen molar-refractivity contribution in [2.45, 2.75) is 25.7 Å². The predicted octanol–water partition coefficient (Wildman–Crippen LogP) is 4.90. The van der Waals surface area contributed by atoms with E-state index in [2.05, 4.69) is 66.8 Å². The van der Waals surface area contributed by atoms with Crippen LogP contribution in [0.1, 0.15) is 25.7 Å². The van der Waals surface area contributed by atoms with Gasteiger partial charge >= 0.3 is 0 Å². The van der Waals surface area contributed by atoms with Gasteiger partial charge in [0, 0.05) is 5.92 Å². The van der Waals surface area contributed by atoms with Crippen LogP contribution in [-0.2, 0) is 0 Å². The summed E-state index contributed by atoms with van der Waals surface area (Å²) in [5.74, 6) is 0.560. The second kappa shape index (κ2) is 6.90. The molecular formula is C17H20. The van der Waals surface area contributed by atoms with Gasteiger partial charge in [-0.1, -0.05) is 73.3 Å². The van der Waals surface area contributed by atoms with E-state index in [1.807, 2.05) is 0 Å². The molecule has 2 aliphatic rings. The molecule has 2 aliphatic carbocycles. The van der Waals surface area contributed by atoms with E-state index in [0.717, 1.165) is 0 Å². The first kappa shape index (κ1) is 11.9. The first-order valence-electron chi connectivity index (χ1n) is 6.52. The van der Waals surface area contributed by atoms with Crippen molar-refractivity contribution in [1.29, 1.82) is 0 Å². The van der Waals surface area contributed by atoms with E-state index >= 15 is 0 Å². The van der Waals surface area contributed by atoms with Crippen LogP contribution < -0.4 is 0 Å². The summed E-state index contributed by atoms with van der Waals surface area (Å²) < 4.78 is 0. The average Bonchev–Trinajstić information content (AvgIpc) is 2.46. The third-order valence-corrected chi connectivity index (χ3v) is 3.18. The van der Waals surface area contributed by atoms with E-state index < -0.39 is 0 Å². The fourth-order valence-corrected chi connectivity index (χ4v) is 2.20. The fraction of sp³-hybridized carbons (Fsp3) is 0.294. The Kier molecular flexibility index (Phi) is 4.84. The van der Waals surface area contributed by atoms with E-state index in [1.165, 1.54) is 31.3 Å². The first-order valence-corrected chi connectivity index (χ1v) is 6.52. The van der Waals surface area contributed by atoms with Gasteiger partial charge in [-0.3, -0.25) is 0 Å². The van der Waals surface area contributed by atoms with Crippen molar-refractivity contribution in [3.8, 4) is 0 Å². The summed E-state index contributed by atoms with van der Waals surface area (Å²) in [4.78, 5) is 0. The van der Waals surface area contributed by atoms with Gasteiger partial charge in [0.15, 0.2) is 0 Å². The summed E-state index contributed by atoms with van der Waals surface area (Å²) >= 11 is 0. The maximum Gasteiger partial charge on any atom is 0.00210 e. The third-order valence-electron chi connectivity index (χ3n) is 3.18. The van der Waals surface area contributed by atoms with Crippen LogP contribution in [0.2, 0.25) is 0 Å². The van der Waals surface area contributed by atoms with Crippen molar-refractivity contribution in [2.24, 2.45) is 5.92 Å². The molecule has 0 bridgehead atoms. The van der Waals surface area contributed by atoms with Crippen molar-refractivity contribution in [3.63, 3.8) is 0 Å². The Morgan fingerprint density at radius 3 is 2.71 bits per heavy atom. The van der Waals surface area contributed by atoms with Gasteiger partial charge in [-0.2, -0.15) is 0 Å². The minimum absolute atomic E-state index is 0.560. The van der Waals surface area contributed by atoms with Crippen molar-refractivity contribution in [2.75, 3.05) is 0 Å². The van der Waals surface area contributed by atoms with Crippen molar-refractivity contribution >= 4 is 0 Å². The molecular weight excluding hydrogens is 204 g/mol. The van der Waals surface area contributed by atoms with Crippen molar-refractivity contribution in [3.05, 3.63) is 72.4 Å². The van der Waals surface area contributed by atoms with Crippen molar-refractivity contribution < 1.29 is 0 Å². The van der Waals surface area contributed by atoms with Crippen LogP contribution in [0.5, 0.6) is 0 Å². The zero-order valence-corrected chi connectivity index (χ0v) is 10.3. The summed E-state index contributed by atoms with van der Waals surface area (Å²) in [6.07, 6.45) is 29.0. The van der Waals surface area contributed by atoms with E-state index in [0.29, 0.717) is 5.92 Å². The van der Waals surface area contributed by atoms with Gasteiger partial charge < -0.3 is 0 Å². The van der Waals surface area contributed by atoms with Crippen LogP contribution in [0.4, 0.5) is 0 Å². The van der Waals surface area contributed by atoms with Gasteiger partial charge in [-0.05, 0) is 24.8 Å². The molecule has 0 saturated heterocycles. The van der Waals surface area contributed by atoms with Gasteiger partial charge in [0.2, 0.25) is 0 Å². The number of fused-ring (bicyclic) bond motifs is 1. The first-order chi connectivity index (χ1) is 8.47. The molecule has 0 heterocycles. The van der Waals surface area contributed by atoms with E-state index in [1.54, 1.807) is 0 Å². The quantitative estimate of drug-likeness (QED) is 0.549. The maximum absolute atomic E-state index is 2.32. The maximum atomic E-state index is 2.32. The standard InChI is InChI=1S/C17H20/c1-2-5-9-13-17-15-11-7-3-6-10-14-16(17)12-8-4-1/h1,3-4,6-8,10-12,14-15,17H,2,5,9,13H2/b4-1-,7-3+,10-6-,12-8+,15-11-,16-14+. The van der Waals surface area contributed by atoms with Crippen LogP contribution in [0.25, 0.3) is 0 Å². The largest absolute Gasteiger partial charge is 0.0845 e. The molecule has 0 aromatic rings. The summed E-state index contributed by atoms with van der Waals surface area (Å²) in [6.45, 7) is 0. The highest BCUT2D eigenvalue weighted by molar-refractivity contribution is 5.34. The molecule has 0 nitrogen and oxygen atoms in total. The van der Waals surface area contributed by atoms with Crippen LogP contribution in [0.3, 0.4) is 0 Å². The molecule has 1 atom stereocenters. The monoisotopic (exact) mass is 224 g/mol. The highest BCUT2D eigenvalue weighted by Gasteiger charge is 2.08. The molecule has 0 heteroatoms. The zero-order valence-electron chi connectivity index (χ0n) is 10.3. The van der Waals surface area contributed by atoms with E-state index in [4.69, 9.17) is 0 Å². The molecule has 88 valence electrons. The topological polar surface area (TPSA) is 0 Å². The van der Waals surface area contributed by atoms with Crippen LogP contribution >= 0.6 is 0 Å². The molecule has 0 radical (unpaired) electrons. The summed E-state index contributed by atoms with van der Waals surface area (Å²) in [5, 5.41) is 0. The smallest absolute Gasteiger partial charge is 0.00210 e. The summed E-state index contributed by atoms with van der Waals surface area (Å²) in [7, 11) is 0. The lowest BCUT2D eigenvalue weighted by atomic mass is 9.91. The van der Waals surface area contributed by atoms with Crippen LogP contribution in [-0.4, -0.2) is 0 Å². The summed E-state index contributed by atoms with van der Waals surface area (Å²) in [6, 6.07) is 0. The van der Waals surface area contributed by atoms with Gasteiger partial charge in [0.1, 0.15) is 0 Å². The molecule has 0 fully saturated rings. The molecule has 0 amide bonds.